The molecule has 1 N–H and O–H groups in total. The van der Waals surface area contributed by atoms with Gasteiger partial charge in [-0.2, -0.15) is 13.2 Å². The van der Waals surface area contributed by atoms with Crippen LogP contribution in [0.15, 0.2) is 12.4 Å². The minimum absolute atomic E-state index is 0.0266. The van der Waals surface area contributed by atoms with Crippen molar-refractivity contribution in [1.29, 1.82) is 0 Å². The van der Waals surface area contributed by atoms with Crippen LogP contribution in [0.1, 0.15) is 18.5 Å². The van der Waals surface area contributed by atoms with Crippen molar-refractivity contribution in [2.75, 3.05) is 38.7 Å². The molecule has 2 aliphatic heterocycles. The first kappa shape index (κ1) is 21.9. The van der Waals surface area contributed by atoms with Crippen LogP contribution >= 0.6 is 0 Å². The first-order valence-corrected chi connectivity index (χ1v) is 8.71. The summed E-state index contributed by atoms with van der Waals surface area (Å²) < 4.78 is 44.3. The fraction of sp³-hybridized carbons (Fsp3) is 0.647. The molecule has 2 fully saturated rings. The number of carboxylic acid groups (broad SMARTS) is 1. The van der Waals surface area contributed by atoms with Crippen LogP contribution in [0.3, 0.4) is 0 Å². The lowest BCUT2D eigenvalue weighted by atomic mass is 9.83. The van der Waals surface area contributed by atoms with Gasteiger partial charge in [0.2, 0.25) is 5.91 Å². The topological polar surface area (TPSA) is 95.9 Å². The SMILES string of the molecule is CN(C)C(=O)C[C@@H]1OC[C@H]2CN(c3cc(C(F)(F)F)ncn3)CC[C@H]21.O=CO. The van der Waals surface area contributed by atoms with Crippen molar-refractivity contribution in [2.45, 2.75) is 25.1 Å². The number of carbonyl (C=O) groups is 2. The molecule has 3 atom stereocenters. The minimum atomic E-state index is -4.48. The number of ether oxygens (including phenoxy) is 1. The standard InChI is InChI=1S/C16H21F3N4O2.CH2O2/c1-22(2)15(24)5-12-11-3-4-23(7-10(11)8-25-12)14-6-13(16(17,18)19)20-9-21-14;2-1-3/h6,9-12H,3-5,7-8H2,1-2H3;1H,(H,2,3)/t10-,11-,12+;/m1./s1. The van der Waals surface area contributed by atoms with Crippen LogP contribution in [0.25, 0.3) is 0 Å². The Balaban J connectivity index is 0.000000878. The number of anilines is 1. The molecule has 0 spiro atoms. The van der Waals surface area contributed by atoms with Gasteiger partial charge in [-0.05, 0) is 12.3 Å². The third kappa shape index (κ3) is 5.31. The molecular formula is C17H23F3N4O4. The monoisotopic (exact) mass is 404 g/mol. The van der Waals surface area contributed by atoms with Gasteiger partial charge in [0.05, 0.1) is 19.1 Å². The van der Waals surface area contributed by atoms with Gasteiger partial charge in [0, 0.05) is 39.2 Å². The molecular weight excluding hydrogens is 381 g/mol. The zero-order valence-corrected chi connectivity index (χ0v) is 15.6. The fourth-order valence-corrected chi connectivity index (χ4v) is 3.53. The highest BCUT2D eigenvalue weighted by Crippen LogP contribution is 2.37. The number of hydrogen-bond acceptors (Lipinski definition) is 6. The molecule has 2 aliphatic rings. The van der Waals surface area contributed by atoms with Crippen molar-refractivity contribution < 1.29 is 32.6 Å². The summed E-state index contributed by atoms with van der Waals surface area (Å²) in [5, 5.41) is 6.89. The molecule has 11 heteroatoms. The van der Waals surface area contributed by atoms with Crippen molar-refractivity contribution in [3.05, 3.63) is 18.1 Å². The second kappa shape index (κ2) is 9.18. The van der Waals surface area contributed by atoms with Gasteiger partial charge in [0.1, 0.15) is 17.8 Å². The van der Waals surface area contributed by atoms with Crippen LogP contribution in [0.5, 0.6) is 0 Å². The molecule has 1 aromatic rings. The summed E-state index contributed by atoms with van der Waals surface area (Å²) in [6.45, 7) is 1.43. The van der Waals surface area contributed by atoms with Gasteiger partial charge < -0.3 is 19.6 Å². The maximum Gasteiger partial charge on any atom is 0.433 e. The van der Waals surface area contributed by atoms with Crippen molar-refractivity contribution in [3.63, 3.8) is 0 Å². The summed E-state index contributed by atoms with van der Waals surface area (Å²) in [5.74, 6) is 0.759. The number of hydrogen-bond donors (Lipinski definition) is 1. The third-order valence-electron chi connectivity index (χ3n) is 4.94. The summed E-state index contributed by atoms with van der Waals surface area (Å²) >= 11 is 0. The Morgan fingerprint density at radius 2 is 2.11 bits per heavy atom. The zero-order valence-electron chi connectivity index (χ0n) is 15.6. The Kier molecular flexibility index (Phi) is 7.17. The largest absolute Gasteiger partial charge is 0.483 e. The molecule has 3 rings (SSSR count). The minimum Gasteiger partial charge on any atom is -0.483 e. The Bertz CT molecular complexity index is 687. The Labute approximate surface area is 160 Å². The maximum atomic E-state index is 12.8. The molecule has 0 bridgehead atoms. The molecule has 28 heavy (non-hydrogen) atoms. The van der Waals surface area contributed by atoms with E-state index in [1.807, 2.05) is 4.90 Å². The van der Waals surface area contributed by atoms with E-state index in [9.17, 15) is 18.0 Å². The molecule has 1 amide bonds. The van der Waals surface area contributed by atoms with E-state index in [0.29, 0.717) is 26.1 Å². The number of alkyl halides is 3. The Morgan fingerprint density at radius 1 is 1.43 bits per heavy atom. The first-order valence-electron chi connectivity index (χ1n) is 8.71. The number of piperidine rings is 1. The van der Waals surface area contributed by atoms with E-state index in [2.05, 4.69) is 9.97 Å². The van der Waals surface area contributed by atoms with E-state index in [4.69, 9.17) is 14.6 Å². The Hall–Kier alpha value is -2.43. The number of nitrogens with zero attached hydrogens (tertiary/aromatic N) is 4. The second-order valence-corrected chi connectivity index (χ2v) is 6.89. The van der Waals surface area contributed by atoms with Crippen LogP contribution < -0.4 is 4.90 Å². The summed E-state index contributed by atoms with van der Waals surface area (Å²) in [4.78, 5) is 31.0. The summed E-state index contributed by atoms with van der Waals surface area (Å²) in [6.07, 6.45) is -2.53. The highest BCUT2D eigenvalue weighted by molar-refractivity contribution is 5.76. The highest BCUT2D eigenvalue weighted by atomic mass is 19.4. The quantitative estimate of drug-likeness (QED) is 0.763. The van der Waals surface area contributed by atoms with E-state index in [0.717, 1.165) is 18.8 Å². The van der Waals surface area contributed by atoms with Crippen molar-refractivity contribution >= 4 is 18.2 Å². The molecule has 3 heterocycles. The number of halogens is 3. The predicted molar refractivity (Wildman–Crippen MR) is 92.6 cm³/mol. The number of fused-ring (bicyclic) bond motifs is 1. The van der Waals surface area contributed by atoms with Gasteiger partial charge in [-0.1, -0.05) is 0 Å². The van der Waals surface area contributed by atoms with Gasteiger partial charge in [-0.3, -0.25) is 9.59 Å². The summed E-state index contributed by atoms with van der Waals surface area (Å²) in [5.41, 5.74) is -0.934. The van der Waals surface area contributed by atoms with Crippen LogP contribution in [0, 0.1) is 11.8 Å². The first-order chi connectivity index (χ1) is 13.2. The van der Waals surface area contributed by atoms with E-state index in [-0.39, 0.29) is 36.1 Å². The molecule has 2 saturated heterocycles. The van der Waals surface area contributed by atoms with Crippen LogP contribution in [0.2, 0.25) is 0 Å². The normalized spacial score (nSPS) is 24.0. The van der Waals surface area contributed by atoms with Gasteiger partial charge in [0.15, 0.2) is 0 Å². The maximum absolute atomic E-state index is 12.8. The fourth-order valence-electron chi connectivity index (χ4n) is 3.53. The van der Waals surface area contributed by atoms with Gasteiger partial charge in [-0.25, -0.2) is 9.97 Å². The van der Waals surface area contributed by atoms with E-state index in [1.54, 1.807) is 19.0 Å². The van der Waals surface area contributed by atoms with Gasteiger partial charge >= 0.3 is 6.18 Å². The molecule has 0 unspecified atom stereocenters. The lowest BCUT2D eigenvalue weighted by Gasteiger charge is -2.36. The van der Waals surface area contributed by atoms with Crippen molar-refractivity contribution in [2.24, 2.45) is 11.8 Å². The Morgan fingerprint density at radius 3 is 2.71 bits per heavy atom. The van der Waals surface area contributed by atoms with Gasteiger partial charge in [-0.15, -0.1) is 0 Å². The molecule has 0 aliphatic carbocycles. The molecule has 156 valence electrons. The van der Waals surface area contributed by atoms with Gasteiger partial charge in [0.25, 0.3) is 6.47 Å². The van der Waals surface area contributed by atoms with Crippen LogP contribution in [-0.2, 0) is 20.5 Å². The zero-order chi connectivity index (χ0) is 20.9. The van der Waals surface area contributed by atoms with Crippen LogP contribution in [-0.4, -0.2) is 72.2 Å². The number of amides is 1. The predicted octanol–water partition coefficient (Wildman–Crippen LogP) is 1.52. The third-order valence-corrected chi connectivity index (χ3v) is 4.94. The average molecular weight is 404 g/mol. The van der Waals surface area contributed by atoms with E-state index in [1.165, 1.54) is 0 Å². The van der Waals surface area contributed by atoms with E-state index >= 15 is 0 Å². The summed E-state index contributed by atoms with van der Waals surface area (Å²) in [6, 6.07) is 0.989. The molecule has 0 aromatic carbocycles. The summed E-state index contributed by atoms with van der Waals surface area (Å²) in [7, 11) is 3.43. The molecule has 0 radical (unpaired) electrons. The number of rotatable bonds is 3. The lowest BCUT2D eigenvalue weighted by Crippen LogP contribution is -2.42. The van der Waals surface area contributed by atoms with E-state index < -0.39 is 11.9 Å². The van der Waals surface area contributed by atoms with Crippen molar-refractivity contribution in [3.8, 4) is 0 Å². The molecule has 1 aromatic heterocycles. The highest BCUT2D eigenvalue weighted by Gasteiger charge is 2.42. The number of carbonyl (C=O) groups excluding carboxylic acids is 1. The smallest absolute Gasteiger partial charge is 0.433 e. The molecule has 0 saturated carbocycles. The average Bonchev–Trinajstić information content (AvgIpc) is 3.04. The lowest BCUT2D eigenvalue weighted by molar-refractivity contribution is -0.141. The second-order valence-electron chi connectivity index (χ2n) is 6.89. The van der Waals surface area contributed by atoms with Crippen LogP contribution in [0.4, 0.5) is 19.0 Å². The number of aromatic nitrogens is 2. The molecule has 8 nitrogen and oxygen atoms in total. The van der Waals surface area contributed by atoms with Crippen molar-refractivity contribution in [1.82, 2.24) is 14.9 Å².